The van der Waals surface area contributed by atoms with Crippen molar-refractivity contribution < 1.29 is 19.4 Å². The summed E-state index contributed by atoms with van der Waals surface area (Å²) in [5, 5.41) is 19.1. The highest BCUT2D eigenvalue weighted by atomic mass is 16.5. The van der Waals surface area contributed by atoms with E-state index in [9.17, 15) is 14.7 Å². The standard InChI is InChI=1S/C23H23N5O4/c1-4-32-21(29)20-19(17-13-24-27(3)14-17)15-28(25-20)18-7-5-6-16(12-18)8-9-23(31)10-11-26(2)22(23)30/h5-7,12-15,31H,4,10-11H2,1-3H3/t23-/m0/s1. The largest absolute Gasteiger partial charge is 0.461 e. The Morgan fingerprint density at radius 2 is 2.12 bits per heavy atom. The van der Waals surface area contributed by atoms with Crippen LogP contribution in [0.3, 0.4) is 0 Å². The van der Waals surface area contributed by atoms with Gasteiger partial charge in [-0.2, -0.15) is 10.2 Å². The normalized spacial score (nSPS) is 17.9. The monoisotopic (exact) mass is 433 g/mol. The third-order valence-electron chi connectivity index (χ3n) is 5.23. The zero-order valence-electron chi connectivity index (χ0n) is 18.1. The quantitative estimate of drug-likeness (QED) is 0.493. The van der Waals surface area contributed by atoms with Gasteiger partial charge in [-0.15, -0.1) is 0 Å². The lowest BCUT2D eigenvalue weighted by atomic mass is 10.0. The van der Waals surface area contributed by atoms with Gasteiger partial charge in [0.15, 0.2) is 5.69 Å². The van der Waals surface area contributed by atoms with Gasteiger partial charge >= 0.3 is 5.97 Å². The molecule has 0 bridgehead atoms. The summed E-state index contributed by atoms with van der Waals surface area (Å²) in [5.41, 5.74) is 1.13. The number of aromatic nitrogens is 4. The van der Waals surface area contributed by atoms with Crippen molar-refractivity contribution in [2.45, 2.75) is 18.9 Å². The van der Waals surface area contributed by atoms with E-state index < -0.39 is 17.5 Å². The summed E-state index contributed by atoms with van der Waals surface area (Å²) in [4.78, 5) is 26.1. The Bertz CT molecular complexity index is 1250. The molecule has 1 fully saturated rings. The van der Waals surface area contributed by atoms with E-state index in [0.717, 1.165) is 5.56 Å². The summed E-state index contributed by atoms with van der Waals surface area (Å²) in [7, 11) is 3.43. The first-order valence-corrected chi connectivity index (χ1v) is 10.2. The number of esters is 1. The van der Waals surface area contributed by atoms with Crippen LogP contribution in [0.1, 0.15) is 29.4 Å². The summed E-state index contributed by atoms with van der Waals surface area (Å²) in [6, 6.07) is 7.17. The fourth-order valence-electron chi connectivity index (χ4n) is 3.50. The van der Waals surface area contributed by atoms with E-state index >= 15 is 0 Å². The molecule has 0 radical (unpaired) electrons. The molecule has 164 valence electrons. The van der Waals surface area contributed by atoms with E-state index in [1.54, 1.807) is 67.2 Å². The molecule has 1 N–H and O–H groups in total. The predicted octanol–water partition coefficient (Wildman–Crippen LogP) is 1.39. The molecule has 32 heavy (non-hydrogen) atoms. The molecule has 1 saturated heterocycles. The zero-order valence-corrected chi connectivity index (χ0v) is 18.1. The van der Waals surface area contributed by atoms with E-state index in [2.05, 4.69) is 22.0 Å². The highest BCUT2D eigenvalue weighted by Crippen LogP contribution is 2.25. The van der Waals surface area contributed by atoms with Crippen molar-refractivity contribution in [3.05, 3.63) is 54.1 Å². The predicted molar refractivity (Wildman–Crippen MR) is 116 cm³/mol. The maximum atomic E-state index is 12.5. The Labute approximate surface area is 185 Å². The Balaban J connectivity index is 1.70. The fourth-order valence-corrected chi connectivity index (χ4v) is 3.50. The number of rotatable bonds is 4. The van der Waals surface area contributed by atoms with Crippen molar-refractivity contribution in [2.75, 3.05) is 20.2 Å². The first-order chi connectivity index (χ1) is 15.3. The van der Waals surface area contributed by atoms with Gasteiger partial charge in [0.2, 0.25) is 5.60 Å². The highest BCUT2D eigenvalue weighted by molar-refractivity contribution is 5.95. The average molecular weight is 433 g/mol. The van der Waals surface area contributed by atoms with Crippen molar-refractivity contribution >= 4 is 11.9 Å². The lowest BCUT2D eigenvalue weighted by Crippen LogP contribution is -2.37. The number of amides is 1. The molecule has 1 aromatic carbocycles. The van der Waals surface area contributed by atoms with Crippen molar-refractivity contribution in [1.29, 1.82) is 0 Å². The van der Waals surface area contributed by atoms with Gasteiger partial charge in [0.1, 0.15) is 0 Å². The van der Waals surface area contributed by atoms with Crippen LogP contribution in [0.25, 0.3) is 16.8 Å². The highest BCUT2D eigenvalue weighted by Gasteiger charge is 2.42. The second kappa shape index (κ2) is 8.32. The van der Waals surface area contributed by atoms with E-state index in [1.807, 2.05) is 6.07 Å². The zero-order chi connectivity index (χ0) is 22.9. The molecule has 3 heterocycles. The topological polar surface area (TPSA) is 102 Å². The minimum Gasteiger partial charge on any atom is -0.461 e. The van der Waals surface area contributed by atoms with Crippen LogP contribution in [-0.2, 0) is 16.6 Å². The second-order valence-corrected chi connectivity index (χ2v) is 7.60. The Hall–Kier alpha value is -3.90. The average Bonchev–Trinajstić information content (AvgIpc) is 3.48. The molecule has 9 nitrogen and oxygen atoms in total. The first kappa shape index (κ1) is 21.3. The molecule has 0 aliphatic carbocycles. The summed E-state index contributed by atoms with van der Waals surface area (Å²) in [6.45, 7) is 2.44. The second-order valence-electron chi connectivity index (χ2n) is 7.60. The number of aryl methyl sites for hydroxylation is 1. The number of ether oxygens (including phenoxy) is 1. The number of nitrogens with zero attached hydrogens (tertiary/aromatic N) is 5. The molecule has 2 aromatic heterocycles. The van der Waals surface area contributed by atoms with E-state index in [-0.39, 0.29) is 18.7 Å². The molecule has 4 rings (SSSR count). The maximum absolute atomic E-state index is 12.5. The first-order valence-electron chi connectivity index (χ1n) is 10.2. The van der Waals surface area contributed by atoms with Crippen molar-refractivity contribution in [1.82, 2.24) is 24.5 Å². The SMILES string of the molecule is CCOC(=O)c1nn(-c2cccc(C#C[C@]3(O)CCN(C)C3=O)c2)cc1-c1cnn(C)c1. The fraction of sp³-hybridized carbons (Fsp3) is 0.304. The van der Waals surface area contributed by atoms with Gasteiger partial charge in [0.25, 0.3) is 5.91 Å². The van der Waals surface area contributed by atoms with Crippen LogP contribution in [0.15, 0.2) is 42.9 Å². The van der Waals surface area contributed by atoms with Crippen LogP contribution >= 0.6 is 0 Å². The number of hydrogen-bond donors (Lipinski definition) is 1. The summed E-state index contributed by atoms with van der Waals surface area (Å²) < 4.78 is 8.38. The summed E-state index contributed by atoms with van der Waals surface area (Å²) in [6.07, 6.45) is 5.45. The van der Waals surface area contributed by atoms with Gasteiger partial charge in [-0.1, -0.05) is 17.9 Å². The number of carbonyl (C=O) groups excluding carboxylic acids is 2. The van der Waals surface area contributed by atoms with Crippen LogP contribution in [0.4, 0.5) is 0 Å². The molecule has 1 atom stereocenters. The molecule has 3 aromatic rings. The minimum atomic E-state index is -1.67. The Morgan fingerprint density at radius 1 is 1.31 bits per heavy atom. The molecule has 0 unspecified atom stereocenters. The molecule has 0 spiro atoms. The third kappa shape index (κ3) is 4.00. The van der Waals surface area contributed by atoms with Gasteiger partial charge in [-0.05, 0) is 25.1 Å². The molecular formula is C23H23N5O4. The van der Waals surface area contributed by atoms with Crippen LogP contribution in [-0.4, -0.2) is 67.2 Å². The number of carbonyl (C=O) groups is 2. The Kier molecular flexibility index (Phi) is 5.55. The lowest BCUT2D eigenvalue weighted by Gasteiger charge is -2.13. The van der Waals surface area contributed by atoms with Crippen LogP contribution in [0.2, 0.25) is 0 Å². The molecule has 1 aliphatic heterocycles. The van der Waals surface area contributed by atoms with Gasteiger partial charge in [0, 0.05) is 56.1 Å². The number of hydrogen-bond acceptors (Lipinski definition) is 6. The molecule has 0 saturated carbocycles. The number of aliphatic hydroxyl groups is 1. The van der Waals surface area contributed by atoms with Gasteiger partial charge in [0.05, 0.1) is 18.5 Å². The third-order valence-corrected chi connectivity index (χ3v) is 5.23. The van der Waals surface area contributed by atoms with E-state index in [0.29, 0.717) is 23.4 Å². The lowest BCUT2D eigenvalue weighted by molar-refractivity contribution is -0.137. The van der Waals surface area contributed by atoms with Crippen LogP contribution in [0.5, 0.6) is 0 Å². The van der Waals surface area contributed by atoms with Gasteiger partial charge < -0.3 is 14.7 Å². The molecular weight excluding hydrogens is 410 g/mol. The number of likely N-dealkylation sites (N-methyl/N-ethyl adjacent to an activating group) is 1. The molecule has 1 aliphatic rings. The van der Waals surface area contributed by atoms with Gasteiger partial charge in [-0.3, -0.25) is 9.48 Å². The van der Waals surface area contributed by atoms with Crippen molar-refractivity contribution in [3.63, 3.8) is 0 Å². The smallest absolute Gasteiger partial charge is 0.359 e. The van der Waals surface area contributed by atoms with Gasteiger partial charge in [-0.25, -0.2) is 9.48 Å². The molecule has 1 amide bonds. The number of benzene rings is 1. The van der Waals surface area contributed by atoms with E-state index in [1.165, 1.54) is 4.90 Å². The maximum Gasteiger partial charge on any atom is 0.359 e. The minimum absolute atomic E-state index is 0.185. The van der Waals surface area contributed by atoms with E-state index in [4.69, 9.17) is 4.74 Å². The van der Waals surface area contributed by atoms with Crippen molar-refractivity contribution in [3.8, 4) is 28.7 Å². The van der Waals surface area contributed by atoms with Crippen LogP contribution < -0.4 is 0 Å². The van der Waals surface area contributed by atoms with Crippen LogP contribution in [0, 0.1) is 11.8 Å². The number of likely N-dealkylation sites (tertiary alicyclic amines) is 1. The Morgan fingerprint density at radius 3 is 2.78 bits per heavy atom. The molecule has 9 heteroatoms. The van der Waals surface area contributed by atoms with Crippen molar-refractivity contribution in [2.24, 2.45) is 7.05 Å². The summed E-state index contributed by atoms with van der Waals surface area (Å²) >= 11 is 0. The summed E-state index contributed by atoms with van der Waals surface area (Å²) in [5.74, 6) is 4.69.